The van der Waals surface area contributed by atoms with Gasteiger partial charge in [0.05, 0.1) is 12.0 Å². The number of methoxy groups -OCH3 is 1. The molecule has 3 rings (SSSR count). The second-order valence-electron chi connectivity index (χ2n) is 5.46. The molecule has 0 saturated heterocycles. The summed E-state index contributed by atoms with van der Waals surface area (Å²) in [4.78, 5) is 14.0. The zero-order valence-electron chi connectivity index (χ0n) is 14.6. The molecule has 1 heterocycles. The summed E-state index contributed by atoms with van der Waals surface area (Å²) in [6.07, 6.45) is 1.43. The number of ether oxygens (including phenoxy) is 2. The zero-order chi connectivity index (χ0) is 20.1. The van der Waals surface area contributed by atoms with Crippen molar-refractivity contribution in [2.75, 3.05) is 11.8 Å². The van der Waals surface area contributed by atoms with E-state index in [1.165, 1.54) is 37.6 Å². The standard InChI is InChI=1S/C18H15N3O6S/c1-26-13-8-10-14(11-9-13)27-18-15(5-4-12-19-18)20-28(24,25)17-7-3-2-6-16(17)21(22)23/h2-12,20H,1H3. The monoisotopic (exact) mass is 401 g/mol. The number of nitrogens with zero attached hydrogens (tertiary/aromatic N) is 2. The number of nitrogens with one attached hydrogen (secondary N) is 1. The van der Waals surface area contributed by atoms with Gasteiger partial charge in [-0.1, -0.05) is 12.1 Å². The third kappa shape index (κ3) is 4.18. The number of anilines is 1. The molecule has 2 aromatic carbocycles. The normalized spacial score (nSPS) is 10.9. The van der Waals surface area contributed by atoms with Crippen LogP contribution in [0, 0.1) is 10.1 Å². The van der Waals surface area contributed by atoms with Crippen LogP contribution in [0.25, 0.3) is 0 Å². The summed E-state index contributed by atoms with van der Waals surface area (Å²) >= 11 is 0. The molecule has 10 heteroatoms. The fourth-order valence-corrected chi connectivity index (χ4v) is 3.57. The van der Waals surface area contributed by atoms with E-state index in [1.54, 1.807) is 24.3 Å². The number of sulfonamides is 1. The lowest BCUT2D eigenvalue weighted by atomic mass is 10.3. The number of pyridine rings is 1. The summed E-state index contributed by atoms with van der Waals surface area (Å²) in [5, 5.41) is 11.1. The average Bonchev–Trinajstić information content (AvgIpc) is 2.70. The molecule has 0 aliphatic carbocycles. The lowest BCUT2D eigenvalue weighted by molar-refractivity contribution is -0.387. The SMILES string of the molecule is COc1ccc(Oc2ncccc2NS(=O)(=O)c2ccccc2[N+](=O)[O-])cc1. The summed E-state index contributed by atoms with van der Waals surface area (Å²) in [6, 6.07) is 14.6. The number of hydrogen-bond acceptors (Lipinski definition) is 7. The van der Waals surface area contributed by atoms with Crippen molar-refractivity contribution in [2.24, 2.45) is 0 Å². The van der Waals surface area contributed by atoms with Crippen molar-refractivity contribution in [2.45, 2.75) is 4.90 Å². The largest absolute Gasteiger partial charge is 0.497 e. The van der Waals surface area contributed by atoms with Gasteiger partial charge >= 0.3 is 0 Å². The molecule has 3 aromatic rings. The summed E-state index contributed by atoms with van der Waals surface area (Å²) in [7, 11) is -2.71. The number of para-hydroxylation sites is 1. The first kappa shape index (κ1) is 19.1. The number of rotatable bonds is 7. The van der Waals surface area contributed by atoms with E-state index in [2.05, 4.69) is 9.71 Å². The number of hydrogen-bond donors (Lipinski definition) is 1. The highest BCUT2D eigenvalue weighted by Gasteiger charge is 2.26. The first-order valence-electron chi connectivity index (χ1n) is 7.94. The molecule has 144 valence electrons. The minimum Gasteiger partial charge on any atom is -0.497 e. The van der Waals surface area contributed by atoms with Gasteiger partial charge in [0, 0.05) is 12.3 Å². The Morgan fingerprint density at radius 3 is 2.36 bits per heavy atom. The summed E-state index contributed by atoms with van der Waals surface area (Å²) < 4.78 is 38.4. The lowest BCUT2D eigenvalue weighted by Gasteiger charge is -2.12. The second kappa shape index (κ2) is 7.92. The van der Waals surface area contributed by atoms with Crippen molar-refractivity contribution < 1.29 is 22.8 Å². The Hall–Kier alpha value is -3.66. The maximum absolute atomic E-state index is 12.7. The Balaban J connectivity index is 1.92. The molecule has 0 aliphatic heterocycles. The predicted octanol–water partition coefficient (Wildman–Crippen LogP) is 3.59. The Labute approximate surface area is 160 Å². The van der Waals surface area contributed by atoms with Gasteiger partial charge in [-0.2, -0.15) is 0 Å². The molecule has 0 fully saturated rings. The van der Waals surface area contributed by atoms with Gasteiger partial charge in [0.15, 0.2) is 4.90 Å². The fraction of sp³-hybridized carbons (Fsp3) is 0.0556. The molecule has 0 spiro atoms. The first-order valence-corrected chi connectivity index (χ1v) is 9.42. The van der Waals surface area contributed by atoms with Crippen LogP contribution < -0.4 is 14.2 Å². The first-order chi connectivity index (χ1) is 13.4. The minimum absolute atomic E-state index is 0.00479. The van der Waals surface area contributed by atoms with E-state index >= 15 is 0 Å². The molecule has 9 nitrogen and oxygen atoms in total. The number of nitro groups is 1. The minimum atomic E-state index is -4.25. The molecule has 0 aliphatic rings. The van der Waals surface area contributed by atoms with Crippen molar-refractivity contribution in [3.05, 3.63) is 77.0 Å². The number of aromatic nitrogens is 1. The van der Waals surface area contributed by atoms with Gasteiger partial charge < -0.3 is 9.47 Å². The second-order valence-corrected chi connectivity index (χ2v) is 7.11. The van der Waals surface area contributed by atoms with Crippen molar-refractivity contribution in [1.29, 1.82) is 0 Å². The molecule has 1 aromatic heterocycles. The van der Waals surface area contributed by atoms with Crippen LogP contribution in [0.4, 0.5) is 11.4 Å². The van der Waals surface area contributed by atoms with Crippen LogP contribution >= 0.6 is 0 Å². The third-order valence-electron chi connectivity index (χ3n) is 3.64. The smallest absolute Gasteiger partial charge is 0.289 e. The third-order valence-corrected chi connectivity index (χ3v) is 5.05. The molecule has 28 heavy (non-hydrogen) atoms. The average molecular weight is 401 g/mol. The Morgan fingerprint density at radius 1 is 1.00 bits per heavy atom. The summed E-state index contributed by atoms with van der Waals surface area (Å²) in [5.41, 5.74) is -0.493. The van der Waals surface area contributed by atoms with Crippen LogP contribution in [0.15, 0.2) is 71.8 Å². The Bertz CT molecular complexity index is 1100. The Morgan fingerprint density at radius 2 is 1.68 bits per heavy atom. The molecular weight excluding hydrogens is 386 g/mol. The van der Waals surface area contributed by atoms with E-state index in [0.717, 1.165) is 12.1 Å². The fourth-order valence-electron chi connectivity index (χ4n) is 2.34. The number of nitro benzene ring substituents is 1. The highest BCUT2D eigenvalue weighted by atomic mass is 32.2. The van der Waals surface area contributed by atoms with Gasteiger partial charge in [-0.15, -0.1) is 0 Å². The van der Waals surface area contributed by atoms with Crippen molar-refractivity contribution in [3.63, 3.8) is 0 Å². The van der Waals surface area contributed by atoms with Crippen molar-refractivity contribution in [1.82, 2.24) is 4.98 Å². The van der Waals surface area contributed by atoms with Crippen LogP contribution in [0.3, 0.4) is 0 Å². The van der Waals surface area contributed by atoms with Crippen LogP contribution in [0.1, 0.15) is 0 Å². The van der Waals surface area contributed by atoms with Crippen LogP contribution in [-0.2, 0) is 10.0 Å². The van der Waals surface area contributed by atoms with E-state index in [-0.39, 0.29) is 11.6 Å². The molecule has 0 amide bonds. The van der Waals surface area contributed by atoms with Gasteiger partial charge in [-0.25, -0.2) is 13.4 Å². The van der Waals surface area contributed by atoms with Gasteiger partial charge in [0.1, 0.15) is 17.2 Å². The molecule has 0 unspecified atom stereocenters. The van der Waals surface area contributed by atoms with E-state index < -0.39 is 25.5 Å². The molecule has 0 saturated carbocycles. The van der Waals surface area contributed by atoms with E-state index in [0.29, 0.717) is 11.5 Å². The Kier molecular flexibility index (Phi) is 5.41. The maximum atomic E-state index is 12.7. The quantitative estimate of drug-likeness (QED) is 0.474. The zero-order valence-corrected chi connectivity index (χ0v) is 15.4. The lowest BCUT2D eigenvalue weighted by Crippen LogP contribution is -2.15. The summed E-state index contributed by atoms with van der Waals surface area (Å²) in [5.74, 6) is 1.03. The van der Waals surface area contributed by atoms with Gasteiger partial charge in [-0.3, -0.25) is 14.8 Å². The molecular formula is C18H15N3O6S. The van der Waals surface area contributed by atoms with Gasteiger partial charge in [0.2, 0.25) is 5.88 Å². The van der Waals surface area contributed by atoms with Crippen molar-refractivity contribution in [3.8, 4) is 17.4 Å². The topological polar surface area (TPSA) is 121 Å². The highest BCUT2D eigenvalue weighted by Crippen LogP contribution is 2.31. The predicted molar refractivity (Wildman–Crippen MR) is 101 cm³/mol. The maximum Gasteiger partial charge on any atom is 0.289 e. The van der Waals surface area contributed by atoms with Crippen molar-refractivity contribution >= 4 is 21.4 Å². The van der Waals surface area contributed by atoms with Crippen LogP contribution in [0.5, 0.6) is 17.4 Å². The van der Waals surface area contributed by atoms with E-state index in [9.17, 15) is 18.5 Å². The molecule has 0 atom stereocenters. The van der Waals surface area contributed by atoms with E-state index in [4.69, 9.17) is 9.47 Å². The summed E-state index contributed by atoms with van der Waals surface area (Å²) in [6.45, 7) is 0. The van der Waals surface area contributed by atoms with E-state index in [1.807, 2.05) is 0 Å². The molecule has 0 radical (unpaired) electrons. The van der Waals surface area contributed by atoms with Crippen LogP contribution in [-0.4, -0.2) is 25.4 Å². The molecule has 0 bridgehead atoms. The highest BCUT2D eigenvalue weighted by molar-refractivity contribution is 7.92. The molecule has 1 N–H and O–H groups in total. The van der Waals surface area contributed by atoms with Gasteiger partial charge in [0.25, 0.3) is 15.7 Å². The van der Waals surface area contributed by atoms with Crippen LogP contribution in [0.2, 0.25) is 0 Å². The number of benzene rings is 2. The van der Waals surface area contributed by atoms with Gasteiger partial charge in [-0.05, 0) is 42.5 Å².